The maximum atomic E-state index is 4.36. The maximum Gasteiger partial charge on any atom is 0.185 e. The van der Waals surface area contributed by atoms with Crippen molar-refractivity contribution in [2.45, 2.75) is 6.54 Å². The second-order valence-electron chi connectivity index (χ2n) is 4.38. The minimum Gasteiger partial charge on any atom is -0.377 e. The largest absolute Gasteiger partial charge is 0.377 e. The molecule has 0 unspecified atom stereocenters. The molecule has 0 aromatic carbocycles. The summed E-state index contributed by atoms with van der Waals surface area (Å²) in [5.41, 5.74) is 1.05. The first-order valence-electron chi connectivity index (χ1n) is 6.22. The molecule has 0 spiro atoms. The van der Waals surface area contributed by atoms with Gasteiger partial charge in [-0.15, -0.1) is 16.4 Å². The molecule has 102 valence electrons. The number of nitrogens with zero attached hydrogens (tertiary/aromatic N) is 5. The number of anilines is 2. The smallest absolute Gasteiger partial charge is 0.185 e. The number of hydrogen-bond acceptors (Lipinski definition) is 8. The normalized spacial score (nSPS) is 16.8. The Morgan fingerprint density at radius 1 is 1.32 bits per heavy atom. The van der Waals surface area contributed by atoms with Gasteiger partial charge in [-0.25, -0.2) is 4.98 Å². The first-order chi connectivity index (χ1) is 9.36. The predicted molar refractivity (Wildman–Crippen MR) is 79.1 cm³/mol. The van der Waals surface area contributed by atoms with Crippen molar-refractivity contribution in [3.05, 3.63) is 17.3 Å². The molecule has 6 nitrogen and oxygen atoms in total. The molecule has 8 heteroatoms. The first kappa shape index (κ1) is 12.8. The van der Waals surface area contributed by atoms with E-state index >= 15 is 0 Å². The minimum absolute atomic E-state index is 0.873. The van der Waals surface area contributed by atoms with Gasteiger partial charge in [0.05, 0.1) is 0 Å². The Morgan fingerprint density at radius 2 is 2.16 bits per heavy atom. The average molecular weight is 296 g/mol. The van der Waals surface area contributed by atoms with Crippen LogP contribution in [-0.4, -0.2) is 52.7 Å². The molecule has 0 amide bonds. The standard InChI is InChI=1S/C11H16N6S2/c1-12-10-9(14-15-19-10)8-16-3-5-17(6-4-16)11-13-2-7-18-11/h2,7,12H,3-6,8H2,1H3. The molecule has 2 aromatic heterocycles. The van der Waals surface area contributed by atoms with Crippen LogP contribution in [-0.2, 0) is 6.54 Å². The SMILES string of the molecule is CNc1snnc1CN1CCN(c2nccs2)CC1. The van der Waals surface area contributed by atoms with Crippen LogP contribution >= 0.6 is 22.9 Å². The summed E-state index contributed by atoms with van der Waals surface area (Å²) in [4.78, 5) is 9.13. The first-order valence-corrected chi connectivity index (χ1v) is 7.88. The van der Waals surface area contributed by atoms with Gasteiger partial charge in [-0.1, -0.05) is 4.49 Å². The van der Waals surface area contributed by atoms with Crippen molar-refractivity contribution >= 4 is 33.0 Å². The van der Waals surface area contributed by atoms with Gasteiger partial charge in [0.1, 0.15) is 10.7 Å². The Morgan fingerprint density at radius 3 is 2.84 bits per heavy atom. The van der Waals surface area contributed by atoms with Crippen LogP contribution in [0.15, 0.2) is 11.6 Å². The maximum absolute atomic E-state index is 4.36. The lowest BCUT2D eigenvalue weighted by Crippen LogP contribution is -2.46. The van der Waals surface area contributed by atoms with Crippen LogP contribution < -0.4 is 10.2 Å². The number of aromatic nitrogens is 3. The molecule has 3 heterocycles. The molecule has 19 heavy (non-hydrogen) atoms. The average Bonchev–Trinajstić information content (AvgIpc) is 3.10. The van der Waals surface area contributed by atoms with Crippen LogP contribution in [0, 0.1) is 0 Å². The van der Waals surface area contributed by atoms with E-state index in [1.54, 1.807) is 11.3 Å². The lowest BCUT2D eigenvalue weighted by atomic mass is 10.3. The molecule has 0 bridgehead atoms. The molecule has 1 N–H and O–H groups in total. The van der Waals surface area contributed by atoms with E-state index in [4.69, 9.17) is 0 Å². The number of nitrogens with one attached hydrogen (secondary N) is 1. The molecular weight excluding hydrogens is 280 g/mol. The van der Waals surface area contributed by atoms with E-state index in [0.717, 1.165) is 48.6 Å². The molecule has 1 fully saturated rings. The molecule has 0 saturated carbocycles. The van der Waals surface area contributed by atoms with Crippen LogP contribution in [0.1, 0.15) is 5.69 Å². The van der Waals surface area contributed by atoms with Crippen LogP contribution in [0.5, 0.6) is 0 Å². The van der Waals surface area contributed by atoms with Crippen LogP contribution in [0.4, 0.5) is 10.1 Å². The van der Waals surface area contributed by atoms with Gasteiger partial charge in [-0.2, -0.15) is 0 Å². The second kappa shape index (κ2) is 5.81. The molecular formula is C11H16N6S2. The van der Waals surface area contributed by atoms with Gasteiger partial charge in [-0.05, 0) is 0 Å². The number of rotatable bonds is 4. The Bertz CT molecular complexity index is 503. The van der Waals surface area contributed by atoms with Crippen molar-refractivity contribution in [2.75, 3.05) is 43.4 Å². The van der Waals surface area contributed by atoms with Crippen LogP contribution in [0.25, 0.3) is 0 Å². The van der Waals surface area contributed by atoms with Gasteiger partial charge >= 0.3 is 0 Å². The fraction of sp³-hybridized carbons (Fsp3) is 0.545. The van der Waals surface area contributed by atoms with Gasteiger partial charge in [0.2, 0.25) is 0 Å². The Hall–Kier alpha value is -1.25. The third-order valence-corrected chi connectivity index (χ3v) is 4.84. The monoisotopic (exact) mass is 296 g/mol. The topological polar surface area (TPSA) is 57.2 Å². The van der Waals surface area contributed by atoms with Gasteiger partial charge in [0, 0.05) is 62.9 Å². The molecule has 1 aliphatic rings. The van der Waals surface area contributed by atoms with Crippen LogP contribution in [0.3, 0.4) is 0 Å². The zero-order valence-electron chi connectivity index (χ0n) is 10.7. The summed E-state index contributed by atoms with van der Waals surface area (Å²) in [6.45, 7) is 5.01. The van der Waals surface area contributed by atoms with Crippen molar-refractivity contribution in [1.29, 1.82) is 0 Å². The van der Waals surface area contributed by atoms with Crippen molar-refractivity contribution < 1.29 is 0 Å². The van der Waals surface area contributed by atoms with E-state index in [1.807, 2.05) is 18.6 Å². The Kier molecular flexibility index (Phi) is 3.90. The minimum atomic E-state index is 0.873. The zero-order chi connectivity index (χ0) is 13.1. The summed E-state index contributed by atoms with van der Waals surface area (Å²) in [5.74, 6) is 0. The number of hydrogen-bond donors (Lipinski definition) is 1. The summed E-state index contributed by atoms with van der Waals surface area (Å²) >= 11 is 3.13. The lowest BCUT2D eigenvalue weighted by molar-refractivity contribution is 0.247. The third-order valence-electron chi connectivity index (χ3n) is 3.22. The summed E-state index contributed by atoms with van der Waals surface area (Å²) in [6, 6.07) is 0. The summed E-state index contributed by atoms with van der Waals surface area (Å²) < 4.78 is 4.00. The zero-order valence-corrected chi connectivity index (χ0v) is 12.4. The Balaban J connectivity index is 1.56. The molecule has 0 atom stereocenters. The quantitative estimate of drug-likeness (QED) is 0.919. The van der Waals surface area contributed by atoms with Gasteiger partial charge in [-0.3, -0.25) is 4.90 Å². The molecule has 1 aliphatic heterocycles. The summed E-state index contributed by atoms with van der Waals surface area (Å²) in [6.07, 6.45) is 1.87. The molecule has 3 rings (SSSR count). The highest BCUT2D eigenvalue weighted by Gasteiger charge is 2.20. The fourth-order valence-corrected chi connectivity index (χ4v) is 3.40. The molecule has 0 radical (unpaired) electrons. The van der Waals surface area contributed by atoms with Gasteiger partial charge in [0.15, 0.2) is 5.13 Å². The molecule has 1 saturated heterocycles. The van der Waals surface area contributed by atoms with E-state index < -0.39 is 0 Å². The number of piperazine rings is 1. The van der Waals surface area contributed by atoms with E-state index in [9.17, 15) is 0 Å². The highest BCUT2D eigenvalue weighted by Crippen LogP contribution is 2.21. The molecule has 2 aromatic rings. The Labute approximate surface area is 120 Å². The van der Waals surface area contributed by atoms with Crippen LogP contribution in [0.2, 0.25) is 0 Å². The van der Waals surface area contributed by atoms with E-state index in [1.165, 1.54) is 11.5 Å². The van der Waals surface area contributed by atoms with Crippen molar-refractivity contribution in [3.8, 4) is 0 Å². The van der Waals surface area contributed by atoms with E-state index in [-0.39, 0.29) is 0 Å². The summed E-state index contributed by atoms with van der Waals surface area (Å²) in [7, 11) is 1.92. The van der Waals surface area contributed by atoms with E-state index in [2.05, 4.69) is 29.7 Å². The highest BCUT2D eigenvalue weighted by atomic mass is 32.1. The van der Waals surface area contributed by atoms with Gasteiger partial charge < -0.3 is 10.2 Å². The fourth-order valence-electron chi connectivity index (χ4n) is 2.18. The predicted octanol–water partition coefficient (Wildman–Crippen LogP) is 1.36. The lowest BCUT2D eigenvalue weighted by Gasteiger charge is -2.34. The highest BCUT2D eigenvalue weighted by molar-refractivity contribution is 7.13. The van der Waals surface area contributed by atoms with Crippen molar-refractivity contribution in [1.82, 2.24) is 19.5 Å². The number of thiazole rings is 1. The third kappa shape index (κ3) is 2.85. The van der Waals surface area contributed by atoms with Crippen molar-refractivity contribution in [2.24, 2.45) is 0 Å². The van der Waals surface area contributed by atoms with E-state index in [0.29, 0.717) is 0 Å². The second-order valence-corrected chi connectivity index (χ2v) is 6.00. The summed E-state index contributed by atoms with van der Waals surface area (Å²) in [5, 5.41) is 11.6. The molecule has 0 aliphatic carbocycles. The van der Waals surface area contributed by atoms with Crippen molar-refractivity contribution in [3.63, 3.8) is 0 Å². The van der Waals surface area contributed by atoms with Gasteiger partial charge in [0.25, 0.3) is 0 Å².